The Labute approximate surface area is 155 Å². The van der Waals surface area contributed by atoms with E-state index in [1.807, 2.05) is 24.1 Å². The number of carbonyl (C=O) groups is 1. The molecule has 0 spiro atoms. The van der Waals surface area contributed by atoms with Crippen LogP contribution in [-0.2, 0) is 0 Å². The van der Waals surface area contributed by atoms with E-state index < -0.39 is 0 Å². The van der Waals surface area contributed by atoms with Crippen molar-refractivity contribution in [2.75, 3.05) is 44.2 Å². The predicted octanol–water partition coefficient (Wildman–Crippen LogP) is 2.75. The van der Waals surface area contributed by atoms with Gasteiger partial charge in [0.1, 0.15) is 5.69 Å². The molecule has 1 aromatic carbocycles. The summed E-state index contributed by atoms with van der Waals surface area (Å²) in [6.07, 6.45) is 4.19. The fraction of sp³-hybridized carbons (Fsp3) is 0.476. The van der Waals surface area contributed by atoms with Crippen molar-refractivity contribution in [2.45, 2.75) is 25.8 Å². The molecule has 2 aliphatic rings. The average Bonchev–Trinajstić information content (AvgIpc) is 3.15. The number of anilines is 1. The van der Waals surface area contributed by atoms with E-state index in [1.165, 1.54) is 12.1 Å². The molecular formula is C21H28N4O. The summed E-state index contributed by atoms with van der Waals surface area (Å²) in [5, 5.41) is 0. The van der Waals surface area contributed by atoms with Crippen LogP contribution in [0.3, 0.4) is 0 Å². The maximum atomic E-state index is 12.7. The Kier molecular flexibility index (Phi) is 4.98. The van der Waals surface area contributed by atoms with Crippen LogP contribution in [0.4, 0.5) is 5.69 Å². The van der Waals surface area contributed by atoms with Gasteiger partial charge < -0.3 is 14.8 Å². The molecule has 0 bridgehead atoms. The normalized spacial score (nSPS) is 21.8. The lowest BCUT2D eigenvalue weighted by Crippen LogP contribution is -2.55. The smallest absolute Gasteiger partial charge is 0.270 e. The van der Waals surface area contributed by atoms with E-state index in [9.17, 15) is 4.79 Å². The first-order valence-electron chi connectivity index (χ1n) is 9.69. The number of aromatic amines is 1. The van der Waals surface area contributed by atoms with Gasteiger partial charge in [-0.1, -0.05) is 18.2 Å². The van der Waals surface area contributed by atoms with E-state index in [0.717, 1.165) is 56.9 Å². The van der Waals surface area contributed by atoms with E-state index in [0.29, 0.717) is 6.04 Å². The van der Waals surface area contributed by atoms with Crippen molar-refractivity contribution in [3.8, 4) is 0 Å². The first-order valence-corrected chi connectivity index (χ1v) is 9.69. The number of amides is 1. The minimum Gasteiger partial charge on any atom is -0.369 e. The summed E-state index contributed by atoms with van der Waals surface area (Å²) >= 11 is 0. The largest absolute Gasteiger partial charge is 0.369 e. The highest BCUT2D eigenvalue weighted by Gasteiger charge is 2.30. The highest BCUT2D eigenvalue weighted by atomic mass is 16.2. The third-order valence-corrected chi connectivity index (χ3v) is 5.69. The molecule has 2 aromatic rings. The van der Waals surface area contributed by atoms with Gasteiger partial charge in [0.25, 0.3) is 5.91 Å². The number of hydrogen-bond donors (Lipinski definition) is 1. The van der Waals surface area contributed by atoms with Crippen molar-refractivity contribution in [3.63, 3.8) is 0 Å². The third-order valence-electron chi connectivity index (χ3n) is 5.69. The fourth-order valence-electron chi connectivity index (χ4n) is 4.22. The van der Waals surface area contributed by atoms with Gasteiger partial charge in [-0.3, -0.25) is 9.69 Å². The quantitative estimate of drug-likeness (QED) is 0.924. The number of piperazine rings is 1. The topological polar surface area (TPSA) is 42.6 Å². The van der Waals surface area contributed by atoms with Gasteiger partial charge in [-0.2, -0.15) is 0 Å². The highest BCUT2D eigenvalue weighted by Crippen LogP contribution is 2.22. The summed E-state index contributed by atoms with van der Waals surface area (Å²) in [5.74, 6) is 0.144. The zero-order chi connectivity index (χ0) is 17.9. The van der Waals surface area contributed by atoms with Crippen LogP contribution in [0.2, 0.25) is 0 Å². The summed E-state index contributed by atoms with van der Waals surface area (Å²) in [4.78, 5) is 22.9. The van der Waals surface area contributed by atoms with Crippen LogP contribution in [0.1, 0.15) is 28.9 Å². The molecule has 1 atom stereocenters. The van der Waals surface area contributed by atoms with Crippen molar-refractivity contribution in [3.05, 3.63) is 53.9 Å². The molecular weight excluding hydrogens is 324 g/mol. The lowest BCUT2D eigenvalue weighted by molar-refractivity contribution is 0.0559. The van der Waals surface area contributed by atoms with Crippen molar-refractivity contribution < 1.29 is 4.79 Å². The van der Waals surface area contributed by atoms with Gasteiger partial charge in [0.15, 0.2) is 0 Å². The van der Waals surface area contributed by atoms with E-state index in [1.54, 1.807) is 0 Å². The van der Waals surface area contributed by atoms with Gasteiger partial charge in [0, 0.05) is 57.2 Å². The molecule has 2 aliphatic heterocycles. The summed E-state index contributed by atoms with van der Waals surface area (Å²) in [6.45, 7) is 8.00. The van der Waals surface area contributed by atoms with Crippen molar-refractivity contribution in [1.29, 1.82) is 0 Å². The maximum Gasteiger partial charge on any atom is 0.270 e. The monoisotopic (exact) mass is 352 g/mol. The van der Waals surface area contributed by atoms with E-state index >= 15 is 0 Å². The van der Waals surface area contributed by atoms with E-state index in [2.05, 4.69) is 45.1 Å². The number of piperidine rings is 1. The maximum absolute atomic E-state index is 12.7. The fourth-order valence-corrected chi connectivity index (χ4v) is 4.22. The molecule has 0 aliphatic carbocycles. The van der Waals surface area contributed by atoms with Crippen molar-refractivity contribution in [1.82, 2.24) is 14.8 Å². The van der Waals surface area contributed by atoms with Crippen LogP contribution in [0, 0.1) is 6.92 Å². The number of likely N-dealkylation sites (tertiary alicyclic amines) is 1. The van der Waals surface area contributed by atoms with Crippen LogP contribution >= 0.6 is 0 Å². The number of rotatable bonds is 3. The number of para-hydroxylation sites is 1. The van der Waals surface area contributed by atoms with Gasteiger partial charge in [-0.15, -0.1) is 0 Å². The predicted molar refractivity (Wildman–Crippen MR) is 105 cm³/mol. The van der Waals surface area contributed by atoms with Crippen LogP contribution in [0.25, 0.3) is 0 Å². The molecule has 4 rings (SSSR count). The summed E-state index contributed by atoms with van der Waals surface area (Å²) in [6, 6.07) is 13.1. The number of benzene rings is 1. The first-order chi connectivity index (χ1) is 12.7. The zero-order valence-electron chi connectivity index (χ0n) is 15.5. The molecule has 26 heavy (non-hydrogen) atoms. The molecule has 2 fully saturated rings. The lowest BCUT2D eigenvalue weighted by atomic mass is 10.0. The van der Waals surface area contributed by atoms with Gasteiger partial charge in [0.05, 0.1) is 0 Å². The first kappa shape index (κ1) is 17.2. The SMILES string of the molecule is Cc1c[nH]c(C(=O)N2CCC[C@@H](N3CCN(c4ccccc4)CC3)C2)c1. The number of aryl methyl sites for hydroxylation is 1. The number of nitrogens with zero attached hydrogens (tertiary/aromatic N) is 3. The number of hydrogen-bond acceptors (Lipinski definition) is 3. The van der Waals surface area contributed by atoms with E-state index in [4.69, 9.17) is 0 Å². The molecule has 0 saturated carbocycles. The molecule has 5 nitrogen and oxygen atoms in total. The minimum atomic E-state index is 0.144. The second kappa shape index (κ2) is 7.54. The highest BCUT2D eigenvalue weighted by molar-refractivity contribution is 5.92. The molecule has 138 valence electrons. The Morgan fingerprint density at radius 1 is 1.08 bits per heavy atom. The molecule has 0 radical (unpaired) electrons. The Morgan fingerprint density at radius 3 is 2.54 bits per heavy atom. The summed E-state index contributed by atoms with van der Waals surface area (Å²) in [5.41, 5.74) is 3.14. The zero-order valence-corrected chi connectivity index (χ0v) is 15.5. The Hall–Kier alpha value is -2.27. The van der Waals surface area contributed by atoms with Crippen LogP contribution in [0.15, 0.2) is 42.6 Å². The Morgan fingerprint density at radius 2 is 1.85 bits per heavy atom. The number of aromatic nitrogens is 1. The molecule has 1 N–H and O–H groups in total. The van der Waals surface area contributed by atoms with E-state index in [-0.39, 0.29) is 5.91 Å². The minimum absolute atomic E-state index is 0.144. The molecule has 0 unspecified atom stereocenters. The van der Waals surface area contributed by atoms with Gasteiger partial charge in [-0.25, -0.2) is 0 Å². The molecule has 2 saturated heterocycles. The summed E-state index contributed by atoms with van der Waals surface area (Å²) in [7, 11) is 0. The van der Waals surface area contributed by atoms with Crippen LogP contribution < -0.4 is 4.90 Å². The van der Waals surface area contributed by atoms with Crippen molar-refractivity contribution >= 4 is 11.6 Å². The Bertz CT molecular complexity index is 733. The van der Waals surface area contributed by atoms with Gasteiger partial charge in [-0.05, 0) is 43.5 Å². The number of nitrogens with one attached hydrogen (secondary N) is 1. The van der Waals surface area contributed by atoms with Gasteiger partial charge >= 0.3 is 0 Å². The molecule has 5 heteroatoms. The second-order valence-electron chi connectivity index (χ2n) is 7.50. The number of H-pyrrole nitrogens is 1. The van der Waals surface area contributed by atoms with Crippen molar-refractivity contribution in [2.24, 2.45) is 0 Å². The standard InChI is InChI=1S/C21H28N4O/c1-17-14-20(22-15-17)21(26)25-9-5-8-19(16-25)24-12-10-23(11-13-24)18-6-3-2-4-7-18/h2-4,6-7,14-15,19,22H,5,8-13,16H2,1H3/t19-/m1/s1. The van der Waals surface area contributed by atoms with Crippen LogP contribution in [0.5, 0.6) is 0 Å². The second-order valence-corrected chi connectivity index (χ2v) is 7.50. The third kappa shape index (κ3) is 3.63. The summed E-state index contributed by atoms with van der Waals surface area (Å²) < 4.78 is 0. The van der Waals surface area contributed by atoms with Crippen LogP contribution in [-0.4, -0.2) is 66.0 Å². The number of carbonyl (C=O) groups excluding carboxylic acids is 1. The molecule has 1 amide bonds. The molecule has 3 heterocycles. The average molecular weight is 352 g/mol. The lowest BCUT2D eigenvalue weighted by Gasteiger charge is -2.43. The molecule has 1 aromatic heterocycles. The Balaban J connectivity index is 1.34. The van der Waals surface area contributed by atoms with Gasteiger partial charge in [0.2, 0.25) is 0 Å².